The highest BCUT2D eigenvalue weighted by atomic mass is 16.6. The van der Waals surface area contributed by atoms with Crippen molar-refractivity contribution in [2.75, 3.05) is 18.0 Å². The average Bonchev–Trinajstić information content (AvgIpc) is 3.09. The standard InChI is InChI=1S/C19H16N2O4/c1-12-6-8-13(9-7-12)20-10-14(25-19(20)24)11-21-17(22)15-4-2-3-5-16(15)18(21)23/h2-9,14H,10-11H2,1H3. The zero-order chi connectivity index (χ0) is 17.6. The Morgan fingerprint density at radius 3 is 2.16 bits per heavy atom. The quantitative estimate of drug-likeness (QED) is 0.808. The highest BCUT2D eigenvalue weighted by Gasteiger charge is 2.40. The van der Waals surface area contributed by atoms with Crippen molar-refractivity contribution >= 4 is 23.6 Å². The summed E-state index contributed by atoms with van der Waals surface area (Å²) < 4.78 is 5.36. The van der Waals surface area contributed by atoms with Crippen LogP contribution in [0.1, 0.15) is 26.3 Å². The summed E-state index contributed by atoms with van der Waals surface area (Å²) in [5, 5.41) is 0. The lowest BCUT2D eigenvalue weighted by molar-refractivity contribution is 0.0558. The SMILES string of the molecule is Cc1ccc(N2CC(CN3C(=O)c4ccccc4C3=O)OC2=O)cc1. The summed E-state index contributed by atoms with van der Waals surface area (Å²) in [6.45, 7) is 2.33. The van der Waals surface area contributed by atoms with E-state index in [-0.39, 0.29) is 18.4 Å². The molecule has 0 aromatic heterocycles. The molecule has 1 fully saturated rings. The zero-order valence-corrected chi connectivity index (χ0v) is 13.6. The molecular weight excluding hydrogens is 320 g/mol. The van der Waals surface area contributed by atoms with Gasteiger partial charge in [0, 0.05) is 5.69 Å². The highest BCUT2D eigenvalue weighted by molar-refractivity contribution is 6.21. The molecule has 3 amide bonds. The Morgan fingerprint density at radius 2 is 1.56 bits per heavy atom. The van der Waals surface area contributed by atoms with Crippen LogP contribution < -0.4 is 4.90 Å². The Kier molecular flexibility index (Phi) is 3.53. The van der Waals surface area contributed by atoms with Gasteiger partial charge >= 0.3 is 6.09 Å². The Labute approximate surface area is 144 Å². The lowest BCUT2D eigenvalue weighted by Gasteiger charge is -2.17. The molecule has 2 heterocycles. The summed E-state index contributed by atoms with van der Waals surface area (Å²) in [4.78, 5) is 39.6. The molecular formula is C19H16N2O4. The van der Waals surface area contributed by atoms with Crippen molar-refractivity contribution in [3.8, 4) is 0 Å². The number of aryl methyl sites for hydroxylation is 1. The predicted molar refractivity (Wildman–Crippen MR) is 90.6 cm³/mol. The topological polar surface area (TPSA) is 66.9 Å². The van der Waals surface area contributed by atoms with Gasteiger partial charge < -0.3 is 4.74 Å². The van der Waals surface area contributed by atoms with Gasteiger partial charge in [0.25, 0.3) is 11.8 Å². The first-order valence-electron chi connectivity index (χ1n) is 8.04. The van der Waals surface area contributed by atoms with Crippen LogP contribution in [0.25, 0.3) is 0 Å². The number of hydrogen-bond donors (Lipinski definition) is 0. The van der Waals surface area contributed by atoms with Crippen molar-refractivity contribution in [3.05, 3.63) is 65.2 Å². The molecule has 0 aliphatic carbocycles. The monoisotopic (exact) mass is 336 g/mol. The number of nitrogens with zero attached hydrogens (tertiary/aromatic N) is 2. The molecule has 126 valence electrons. The van der Waals surface area contributed by atoms with E-state index in [1.165, 1.54) is 4.90 Å². The number of ether oxygens (including phenoxy) is 1. The molecule has 0 radical (unpaired) electrons. The molecule has 25 heavy (non-hydrogen) atoms. The summed E-state index contributed by atoms with van der Waals surface area (Å²) in [6, 6.07) is 14.2. The van der Waals surface area contributed by atoms with Crippen LogP contribution >= 0.6 is 0 Å². The largest absolute Gasteiger partial charge is 0.442 e. The van der Waals surface area contributed by atoms with Crippen molar-refractivity contribution < 1.29 is 19.1 Å². The molecule has 2 aromatic carbocycles. The van der Waals surface area contributed by atoms with Crippen molar-refractivity contribution in [1.29, 1.82) is 0 Å². The molecule has 1 atom stereocenters. The van der Waals surface area contributed by atoms with Gasteiger partial charge in [-0.3, -0.25) is 19.4 Å². The van der Waals surface area contributed by atoms with Crippen LogP contribution in [0.4, 0.5) is 10.5 Å². The fourth-order valence-corrected chi connectivity index (χ4v) is 3.16. The van der Waals surface area contributed by atoms with E-state index in [4.69, 9.17) is 4.74 Å². The van der Waals surface area contributed by atoms with E-state index in [9.17, 15) is 14.4 Å². The molecule has 6 nitrogen and oxygen atoms in total. The maximum Gasteiger partial charge on any atom is 0.414 e. The Hall–Kier alpha value is -3.15. The van der Waals surface area contributed by atoms with Gasteiger partial charge in [-0.25, -0.2) is 4.79 Å². The van der Waals surface area contributed by atoms with E-state index in [0.29, 0.717) is 17.7 Å². The number of cyclic esters (lactones) is 1. The number of carbonyl (C=O) groups is 3. The normalized spacial score (nSPS) is 19.4. The second-order valence-electron chi connectivity index (χ2n) is 6.22. The molecule has 0 bridgehead atoms. The second-order valence-corrected chi connectivity index (χ2v) is 6.22. The average molecular weight is 336 g/mol. The second kappa shape index (κ2) is 5.73. The first-order chi connectivity index (χ1) is 12.0. The van der Waals surface area contributed by atoms with Crippen LogP contribution in [0.5, 0.6) is 0 Å². The van der Waals surface area contributed by atoms with E-state index in [1.807, 2.05) is 31.2 Å². The maximum absolute atomic E-state index is 12.4. The number of anilines is 1. The van der Waals surface area contributed by atoms with Crippen LogP contribution in [-0.4, -0.2) is 42.0 Å². The molecule has 0 N–H and O–H groups in total. The van der Waals surface area contributed by atoms with Crippen LogP contribution in [0.3, 0.4) is 0 Å². The van der Waals surface area contributed by atoms with Crippen LogP contribution in [0.2, 0.25) is 0 Å². The van der Waals surface area contributed by atoms with Crippen LogP contribution in [-0.2, 0) is 4.74 Å². The van der Waals surface area contributed by atoms with Crippen molar-refractivity contribution in [3.63, 3.8) is 0 Å². The highest BCUT2D eigenvalue weighted by Crippen LogP contribution is 2.26. The third kappa shape index (κ3) is 2.55. The van der Waals surface area contributed by atoms with E-state index in [1.54, 1.807) is 24.3 Å². The fourth-order valence-electron chi connectivity index (χ4n) is 3.16. The predicted octanol–water partition coefficient (Wildman–Crippen LogP) is 2.62. The Balaban J connectivity index is 1.50. The molecule has 2 aliphatic rings. The number of benzene rings is 2. The molecule has 6 heteroatoms. The van der Waals surface area contributed by atoms with Crippen molar-refractivity contribution in [1.82, 2.24) is 4.90 Å². The molecule has 0 saturated carbocycles. The number of rotatable bonds is 3. The lowest BCUT2D eigenvalue weighted by atomic mass is 10.1. The van der Waals surface area contributed by atoms with E-state index < -0.39 is 12.2 Å². The van der Waals surface area contributed by atoms with Gasteiger partial charge in [-0.15, -0.1) is 0 Å². The summed E-state index contributed by atoms with van der Waals surface area (Å²) >= 11 is 0. The van der Waals surface area contributed by atoms with E-state index >= 15 is 0 Å². The van der Waals surface area contributed by atoms with Gasteiger partial charge in [0.2, 0.25) is 0 Å². The van der Waals surface area contributed by atoms with Gasteiger partial charge in [-0.2, -0.15) is 0 Å². The Bertz CT molecular complexity index is 840. The first-order valence-corrected chi connectivity index (χ1v) is 8.04. The molecule has 0 spiro atoms. The number of amides is 3. The zero-order valence-electron chi connectivity index (χ0n) is 13.6. The fraction of sp³-hybridized carbons (Fsp3) is 0.211. The van der Waals surface area contributed by atoms with Crippen molar-refractivity contribution in [2.45, 2.75) is 13.0 Å². The molecule has 4 rings (SSSR count). The first kappa shape index (κ1) is 15.4. The van der Waals surface area contributed by atoms with E-state index in [2.05, 4.69) is 0 Å². The molecule has 1 saturated heterocycles. The number of imide groups is 1. The minimum atomic E-state index is -0.545. The van der Waals surface area contributed by atoms with Crippen molar-refractivity contribution in [2.24, 2.45) is 0 Å². The molecule has 2 aliphatic heterocycles. The minimum Gasteiger partial charge on any atom is -0.442 e. The summed E-state index contributed by atoms with van der Waals surface area (Å²) in [5.41, 5.74) is 2.62. The van der Waals surface area contributed by atoms with Crippen LogP contribution in [0, 0.1) is 6.92 Å². The van der Waals surface area contributed by atoms with E-state index in [0.717, 1.165) is 16.2 Å². The van der Waals surface area contributed by atoms with Crippen LogP contribution in [0.15, 0.2) is 48.5 Å². The summed E-state index contributed by atoms with van der Waals surface area (Å²) in [7, 11) is 0. The molecule has 2 aromatic rings. The van der Waals surface area contributed by atoms with Gasteiger partial charge in [-0.05, 0) is 31.2 Å². The molecule has 1 unspecified atom stereocenters. The smallest absolute Gasteiger partial charge is 0.414 e. The summed E-state index contributed by atoms with van der Waals surface area (Å²) in [5.74, 6) is -0.684. The lowest BCUT2D eigenvalue weighted by Crippen LogP contribution is -2.38. The van der Waals surface area contributed by atoms with Gasteiger partial charge in [0.15, 0.2) is 0 Å². The van der Waals surface area contributed by atoms with Gasteiger partial charge in [-0.1, -0.05) is 29.8 Å². The minimum absolute atomic E-state index is 0.0560. The summed E-state index contributed by atoms with van der Waals surface area (Å²) in [6.07, 6.45) is -1.01. The third-order valence-corrected chi connectivity index (χ3v) is 4.48. The number of hydrogen-bond acceptors (Lipinski definition) is 4. The van der Waals surface area contributed by atoms with Gasteiger partial charge in [0.1, 0.15) is 6.10 Å². The number of fused-ring (bicyclic) bond motifs is 1. The van der Waals surface area contributed by atoms with Gasteiger partial charge in [0.05, 0.1) is 24.2 Å². The number of carbonyl (C=O) groups excluding carboxylic acids is 3. The third-order valence-electron chi connectivity index (χ3n) is 4.48. The maximum atomic E-state index is 12.4. The Morgan fingerprint density at radius 1 is 0.960 bits per heavy atom.